The molecule has 2 aromatic rings. The fourth-order valence-corrected chi connectivity index (χ4v) is 3.21. The highest BCUT2D eigenvalue weighted by Crippen LogP contribution is 2.54. The predicted octanol–water partition coefficient (Wildman–Crippen LogP) is 6.67. The van der Waals surface area contributed by atoms with E-state index in [0.717, 1.165) is 26.0 Å². The second-order valence-corrected chi connectivity index (χ2v) is 7.63. The first-order valence-corrected chi connectivity index (χ1v) is 9.19. The molecule has 0 aromatic heterocycles. The number of aliphatic hydroxyl groups is 2. The van der Waals surface area contributed by atoms with Gasteiger partial charge in [-0.1, -0.05) is 35.4 Å². The van der Waals surface area contributed by atoms with E-state index < -0.39 is 58.4 Å². The fourth-order valence-electron chi connectivity index (χ4n) is 3.21. The minimum atomic E-state index is -6.40. The molecule has 0 fully saturated rings. The predicted molar refractivity (Wildman–Crippen MR) is 97.7 cm³/mol. The van der Waals surface area contributed by atoms with Crippen molar-refractivity contribution in [1.29, 1.82) is 0 Å². The summed E-state index contributed by atoms with van der Waals surface area (Å²) in [6.07, 6.45) is -25.6. The monoisotopic (exact) mass is 529 g/mol. The Hall–Kier alpha value is -2.68. The fraction of sp³-hybridized carbons (Fsp3) is 0.400. The molecule has 0 heterocycles. The van der Waals surface area contributed by atoms with Crippen molar-refractivity contribution in [2.24, 2.45) is 0 Å². The summed E-state index contributed by atoms with van der Waals surface area (Å²) in [5, 5.41) is 21.2. The van der Waals surface area contributed by atoms with Crippen LogP contribution in [-0.4, -0.2) is 34.9 Å². The second-order valence-electron chi connectivity index (χ2n) is 7.63. The molecule has 0 spiro atoms. The highest BCUT2D eigenvalue weighted by Gasteiger charge is 2.73. The van der Waals surface area contributed by atoms with E-state index in [1.165, 1.54) is 0 Å². The molecule has 0 saturated heterocycles. The standard InChI is InChI=1S/C20H15F12NO2/c1-9-3-5-13(11(7-9)15(34,17(21,22)23)18(24,25)26)33-14-6-4-10(2)8-12(14)16(35,19(27,28)29)20(30,31)32/h3-8,33-35H,1-2H3. The Balaban J connectivity index is 2.88. The third-order valence-corrected chi connectivity index (χ3v) is 5.04. The summed E-state index contributed by atoms with van der Waals surface area (Å²) in [5.41, 5.74) is -18.1. The molecular formula is C20H15F12NO2. The number of anilines is 2. The molecule has 0 unspecified atom stereocenters. The van der Waals surface area contributed by atoms with Crippen molar-refractivity contribution in [2.75, 3.05) is 5.32 Å². The minimum absolute atomic E-state index is 0.219. The first-order valence-electron chi connectivity index (χ1n) is 9.19. The van der Waals surface area contributed by atoms with Crippen LogP contribution in [0.3, 0.4) is 0 Å². The van der Waals surface area contributed by atoms with Gasteiger partial charge in [-0.25, -0.2) is 0 Å². The Morgan fingerprint density at radius 2 is 0.771 bits per heavy atom. The lowest BCUT2D eigenvalue weighted by Crippen LogP contribution is -2.54. The molecule has 15 heteroatoms. The summed E-state index contributed by atoms with van der Waals surface area (Å²) in [4.78, 5) is 0. The van der Waals surface area contributed by atoms with Crippen LogP contribution in [0.25, 0.3) is 0 Å². The van der Waals surface area contributed by atoms with E-state index in [0.29, 0.717) is 12.1 Å². The van der Waals surface area contributed by atoms with Gasteiger partial charge in [-0.05, 0) is 26.0 Å². The summed E-state index contributed by atoms with van der Waals surface area (Å²) < 4.78 is 161. The quantitative estimate of drug-likeness (QED) is 0.388. The van der Waals surface area contributed by atoms with Gasteiger partial charge < -0.3 is 15.5 Å². The van der Waals surface area contributed by atoms with E-state index in [4.69, 9.17) is 0 Å². The van der Waals surface area contributed by atoms with Gasteiger partial charge in [0.15, 0.2) is 0 Å². The van der Waals surface area contributed by atoms with Gasteiger partial charge in [-0.3, -0.25) is 0 Å². The van der Waals surface area contributed by atoms with Gasteiger partial charge in [0.1, 0.15) is 0 Å². The maximum Gasteiger partial charge on any atom is 0.430 e. The molecule has 0 amide bonds. The number of hydrogen-bond donors (Lipinski definition) is 3. The average molecular weight is 529 g/mol. The van der Waals surface area contributed by atoms with Crippen molar-refractivity contribution in [3.63, 3.8) is 0 Å². The molecule has 0 bridgehead atoms. The zero-order valence-corrected chi connectivity index (χ0v) is 17.4. The van der Waals surface area contributed by atoms with Gasteiger partial charge in [0, 0.05) is 22.5 Å². The van der Waals surface area contributed by atoms with E-state index in [1.807, 2.05) is 0 Å². The lowest BCUT2D eigenvalue weighted by atomic mass is 9.87. The molecule has 196 valence electrons. The number of nitrogens with one attached hydrogen (secondary N) is 1. The zero-order valence-electron chi connectivity index (χ0n) is 17.4. The highest BCUT2D eigenvalue weighted by molar-refractivity contribution is 5.69. The van der Waals surface area contributed by atoms with Gasteiger partial charge in [0.25, 0.3) is 11.2 Å². The number of hydrogen-bond acceptors (Lipinski definition) is 3. The van der Waals surface area contributed by atoms with Crippen LogP contribution >= 0.6 is 0 Å². The van der Waals surface area contributed by atoms with E-state index in [-0.39, 0.29) is 23.3 Å². The number of halogens is 12. The normalized spacial score (nSPS) is 14.3. The molecule has 0 radical (unpaired) electrons. The molecule has 35 heavy (non-hydrogen) atoms. The van der Waals surface area contributed by atoms with Crippen LogP contribution in [-0.2, 0) is 11.2 Å². The van der Waals surface area contributed by atoms with Crippen LogP contribution in [0.15, 0.2) is 36.4 Å². The van der Waals surface area contributed by atoms with Crippen LogP contribution < -0.4 is 5.32 Å². The smallest absolute Gasteiger partial charge is 0.369 e. The molecule has 2 aromatic carbocycles. The maximum absolute atomic E-state index is 13.4. The number of alkyl halides is 12. The summed E-state index contributed by atoms with van der Waals surface area (Å²) in [5.74, 6) is 0. The zero-order chi connectivity index (χ0) is 27.4. The number of benzene rings is 2. The van der Waals surface area contributed by atoms with E-state index >= 15 is 0 Å². The molecule has 0 atom stereocenters. The third kappa shape index (κ3) is 4.75. The number of rotatable bonds is 4. The first-order chi connectivity index (χ1) is 15.5. The molecule has 3 N–H and O–H groups in total. The maximum atomic E-state index is 13.4. The summed E-state index contributed by atoms with van der Waals surface area (Å²) in [6, 6.07) is 3.22. The summed E-state index contributed by atoms with van der Waals surface area (Å²) >= 11 is 0. The Bertz CT molecular complexity index is 970. The van der Waals surface area contributed by atoms with Crippen molar-refractivity contribution in [3.8, 4) is 0 Å². The second kappa shape index (κ2) is 8.47. The Morgan fingerprint density at radius 3 is 1.00 bits per heavy atom. The van der Waals surface area contributed by atoms with E-state index in [1.54, 1.807) is 5.32 Å². The highest BCUT2D eigenvalue weighted by atomic mass is 19.4. The van der Waals surface area contributed by atoms with Gasteiger partial charge in [-0.15, -0.1) is 0 Å². The van der Waals surface area contributed by atoms with Crippen LogP contribution in [0, 0.1) is 13.8 Å². The summed E-state index contributed by atoms with van der Waals surface area (Å²) in [6.45, 7) is 2.06. The van der Waals surface area contributed by atoms with Crippen molar-refractivity contribution >= 4 is 11.4 Å². The lowest BCUT2D eigenvalue weighted by Gasteiger charge is -2.36. The van der Waals surface area contributed by atoms with E-state index in [9.17, 15) is 62.9 Å². The van der Waals surface area contributed by atoms with Crippen molar-refractivity contribution in [2.45, 2.75) is 49.8 Å². The lowest BCUT2D eigenvalue weighted by molar-refractivity contribution is -0.376. The first kappa shape index (κ1) is 28.6. The average Bonchev–Trinajstić information content (AvgIpc) is 2.65. The SMILES string of the molecule is Cc1ccc(Nc2ccc(C)cc2C(O)(C(F)(F)F)C(F)(F)F)c(C(O)(C(F)(F)F)C(F)(F)F)c1. The molecular weight excluding hydrogens is 514 g/mol. The molecule has 3 nitrogen and oxygen atoms in total. The van der Waals surface area contributed by atoms with Crippen LogP contribution in [0.5, 0.6) is 0 Å². The van der Waals surface area contributed by atoms with Crippen LogP contribution in [0.2, 0.25) is 0 Å². The van der Waals surface area contributed by atoms with E-state index in [2.05, 4.69) is 0 Å². The van der Waals surface area contributed by atoms with Crippen molar-refractivity contribution in [1.82, 2.24) is 0 Å². The topological polar surface area (TPSA) is 52.5 Å². The largest absolute Gasteiger partial charge is 0.430 e. The molecule has 2 rings (SSSR count). The van der Waals surface area contributed by atoms with Crippen molar-refractivity contribution in [3.05, 3.63) is 58.7 Å². The van der Waals surface area contributed by atoms with Gasteiger partial charge in [-0.2, -0.15) is 52.7 Å². The molecule has 0 aliphatic carbocycles. The van der Waals surface area contributed by atoms with Gasteiger partial charge in [0.2, 0.25) is 0 Å². The molecule has 0 aliphatic rings. The van der Waals surface area contributed by atoms with Crippen LogP contribution in [0.1, 0.15) is 22.3 Å². The Labute approximate surface area is 189 Å². The molecule has 0 aliphatic heterocycles. The van der Waals surface area contributed by atoms with Gasteiger partial charge in [0.05, 0.1) is 0 Å². The number of aryl methyl sites for hydroxylation is 2. The summed E-state index contributed by atoms with van der Waals surface area (Å²) in [7, 11) is 0. The Morgan fingerprint density at radius 1 is 0.514 bits per heavy atom. The minimum Gasteiger partial charge on any atom is -0.369 e. The van der Waals surface area contributed by atoms with Crippen molar-refractivity contribution < 1.29 is 62.9 Å². The molecule has 0 saturated carbocycles. The van der Waals surface area contributed by atoms with Crippen LogP contribution in [0.4, 0.5) is 64.1 Å². The van der Waals surface area contributed by atoms with Gasteiger partial charge >= 0.3 is 24.7 Å². The third-order valence-electron chi connectivity index (χ3n) is 5.04. The Kier molecular flexibility index (Phi) is 6.91.